The molecule has 2 fully saturated rings. The van der Waals surface area contributed by atoms with E-state index in [1.807, 2.05) is 12.3 Å². The highest BCUT2D eigenvalue weighted by Crippen LogP contribution is 2.18. The number of hydrogen-bond acceptors (Lipinski definition) is 5. The molecule has 0 bridgehead atoms. The Morgan fingerprint density at radius 3 is 2.88 bits per heavy atom. The van der Waals surface area contributed by atoms with Gasteiger partial charge >= 0.3 is 0 Å². The molecule has 1 N–H and O–H groups in total. The van der Waals surface area contributed by atoms with Crippen LogP contribution in [0, 0.1) is 0 Å². The standard InChI is InChI=1S/C21H33N3O2/c1-17(2)8-14-26-21-16-25-13-9-20(21)23-18-6-11-24(12-7-18)15-19-5-3-4-10-22-19/h3-5,8,10,18,20-21,23H,6-7,9,11-16H2,1-2H3/t20-,21-/m1/s1. The highest BCUT2D eigenvalue weighted by Gasteiger charge is 2.29. The highest BCUT2D eigenvalue weighted by molar-refractivity contribution is 5.03. The number of rotatable bonds is 7. The molecule has 5 nitrogen and oxygen atoms in total. The molecule has 2 aliphatic heterocycles. The molecule has 0 aliphatic carbocycles. The summed E-state index contributed by atoms with van der Waals surface area (Å²) in [7, 11) is 0. The number of likely N-dealkylation sites (tertiary alicyclic amines) is 1. The Morgan fingerprint density at radius 1 is 1.31 bits per heavy atom. The number of nitrogens with one attached hydrogen (secondary N) is 1. The third-order valence-electron chi connectivity index (χ3n) is 5.26. The van der Waals surface area contributed by atoms with E-state index in [0.29, 0.717) is 25.3 Å². The summed E-state index contributed by atoms with van der Waals surface area (Å²) in [5, 5.41) is 3.86. The van der Waals surface area contributed by atoms with Crippen molar-refractivity contribution in [1.82, 2.24) is 15.2 Å². The second kappa shape index (κ2) is 10.2. The summed E-state index contributed by atoms with van der Waals surface area (Å²) in [6.45, 7) is 9.63. The van der Waals surface area contributed by atoms with Crippen LogP contribution >= 0.6 is 0 Å². The van der Waals surface area contributed by atoms with Crippen molar-refractivity contribution < 1.29 is 9.47 Å². The maximum Gasteiger partial charge on any atom is 0.0966 e. The molecule has 144 valence electrons. The summed E-state index contributed by atoms with van der Waals surface area (Å²) < 4.78 is 11.7. The Hall–Kier alpha value is -1.27. The van der Waals surface area contributed by atoms with E-state index in [-0.39, 0.29) is 6.10 Å². The van der Waals surface area contributed by atoms with E-state index in [4.69, 9.17) is 9.47 Å². The first-order valence-corrected chi connectivity index (χ1v) is 9.92. The summed E-state index contributed by atoms with van der Waals surface area (Å²) in [6.07, 6.45) is 7.58. The van der Waals surface area contributed by atoms with E-state index in [0.717, 1.165) is 38.4 Å². The fourth-order valence-electron chi connectivity index (χ4n) is 3.69. The summed E-state index contributed by atoms with van der Waals surface area (Å²) in [5.41, 5.74) is 2.46. The average Bonchev–Trinajstić information content (AvgIpc) is 2.65. The number of hydrogen-bond donors (Lipinski definition) is 1. The molecule has 0 saturated carbocycles. The number of pyridine rings is 1. The van der Waals surface area contributed by atoms with E-state index in [1.165, 1.54) is 18.4 Å². The molecule has 1 aromatic heterocycles. The van der Waals surface area contributed by atoms with Gasteiger partial charge in [-0.15, -0.1) is 0 Å². The van der Waals surface area contributed by atoms with E-state index in [2.05, 4.69) is 47.3 Å². The van der Waals surface area contributed by atoms with Crippen LogP contribution in [0.2, 0.25) is 0 Å². The van der Waals surface area contributed by atoms with Gasteiger partial charge in [-0.3, -0.25) is 9.88 Å². The fourth-order valence-corrected chi connectivity index (χ4v) is 3.69. The molecule has 2 saturated heterocycles. The van der Waals surface area contributed by atoms with Gasteiger partial charge in [-0.2, -0.15) is 0 Å². The summed E-state index contributed by atoms with van der Waals surface area (Å²) in [6, 6.07) is 7.14. The molecule has 0 spiro atoms. The van der Waals surface area contributed by atoms with Crippen LogP contribution in [0.3, 0.4) is 0 Å². The quantitative estimate of drug-likeness (QED) is 0.759. The number of aromatic nitrogens is 1. The van der Waals surface area contributed by atoms with Crippen LogP contribution in [-0.2, 0) is 16.0 Å². The lowest BCUT2D eigenvalue weighted by molar-refractivity contribution is -0.0643. The topological polar surface area (TPSA) is 46.6 Å². The van der Waals surface area contributed by atoms with Gasteiger partial charge in [0.15, 0.2) is 0 Å². The van der Waals surface area contributed by atoms with Gasteiger partial charge < -0.3 is 14.8 Å². The van der Waals surface area contributed by atoms with Gasteiger partial charge in [0, 0.05) is 44.5 Å². The van der Waals surface area contributed by atoms with Crippen molar-refractivity contribution in [3.8, 4) is 0 Å². The van der Waals surface area contributed by atoms with Crippen molar-refractivity contribution in [1.29, 1.82) is 0 Å². The molecule has 0 radical (unpaired) electrons. The van der Waals surface area contributed by atoms with Crippen LogP contribution < -0.4 is 5.32 Å². The van der Waals surface area contributed by atoms with Gasteiger partial charge in [-0.25, -0.2) is 0 Å². The van der Waals surface area contributed by atoms with Crippen molar-refractivity contribution >= 4 is 0 Å². The Kier molecular flexibility index (Phi) is 7.62. The van der Waals surface area contributed by atoms with Crippen LogP contribution in [0.25, 0.3) is 0 Å². The highest BCUT2D eigenvalue weighted by atomic mass is 16.5. The minimum absolute atomic E-state index is 0.158. The smallest absolute Gasteiger partial charge is 0.0966 e. The normalized spacial score (nSPS) is 25.2. The van der Waals surface area contributed by atoms with Crippen LogP contribution in [0.1, 0.15) is 38.8 Å². The molecule has 0 unspecified atom stereocenters. The van der Waals surface area contributed by atoms with Gasteiger partial charge in [0.25, 0.3) is 0 Å². The zero-order valence-electron chi connectivity index (χ0n) is 16.2. The van der Waals surface area contributed by atoms with Crippen molar-refractivity contribution in [3.63, 3.8) is 0 Å². The van der Waals surface area contributed by atoms with Gasteiger partial charge in [0.05, 0.1) is 25.0 Å². The SMILES string of the molecule is CC(C)=CCO[C@@H]1COCC[C@H]1NC1CCN(Cc2ccccn2)CC1. The molecule has 5 heteroatoms. The van der Waals surface area contributed by atoms with Crippen LogP contribution in [0.4, 0.5) is 0 Å². The van der Waals surface area contributed by atoms with Gasteiger partial charge in [0.1, 0.15) is 0 Å². The first-order valence-electron chi connectivity index (χ1n) is 9.92. The van der Waals surface area contributed by atoms with Crippen molar-refractivity contribution in [2.24, 2.45) is 0 Å². The minimum atomic E-state index is 0.158. The lowest BCUT2D eigenvalue weighted by Crippen LogP contribution is -2.53. The molecule has 2 atom stereocenters. The Labute approximate surface area is 157 Å². The minimum Gasteiger partial charge on any atom is -0.379 e. The van der Waals surface area contributed by atoms with Crippen molar-refractivity contribution in [3.05, 3.63) is 41.7 Å². The summed E-state index contributed by atoms with van der Waals surface area (Å²) in [5.74, 6) is 0. The molecule has 26 heavy (non-hydrogen) atoms. The summed E-state index contributed by atoms with van der Waals surface area (Å²) >= 11 is 0. The Morgan fingerprint density at radius 2 is 2.15 bits per heavy atom. The largest absolute Gasteiger partial charge is 0.379 e. The third kappa shape index (κ3) is 6.16. The van der Waals surface area contributed by atoms with E-state index >= 15 is 0 Å². The number of nitrogens with zero attached hydrogens (tertiary/aromatic N) is 2. The van der Waals surface area contributed by atoms with E-state index in [9.17, 15) is 0 Å². The lowest BCUT2D eigenvalue weighted by Gasteiger charge is -2.38. The Bertz CT molecular complexity index is 552. The van der Waals surface area contributed by atoms with Crippen molar-refractivity contribution in [2.45, 2.75) is 57.8 Å². The maximum atomic E-state index is 6.07. The van der Waals surface area contributed by atoms with E-state index in [1.54, 1.807) is 0 Å². The molecular formula is C21H33N3O2. The predicted octanol–water partition coefficient (Wildman–Crippen LogP) is 2.78. The third-order valence-corrected chi connectivity index (χ3v) is 5.26. The molecule has 1 aromatic rings. The molecule has 2 aliphatic rings. The van der Waals surface area contributed by atoms with Crippen LogP contribution in [-0.4, -0.2) is 61.0 Å². The molecular weight excluding hydrogens is 326 g/mol. The van der Waals surface area contributed by atoms with Gasteiger partial charge in [-0.05, 0) is 45.2 Å². The molecule has 3 rings (SSSR count). The first-order chi connectivity index (χ1) is 12.7. The number of piperidine rings is 1. The molecule has 0 amide bonds. The lowest BCUT2D eigenvalue weighted by atomic mass is 9.99. The molecule has 3 heterocycles. The number of allylic oxidation sites excluding steroid dienone is 1. The zero-order valence-corrected chi connectivity index (χ0v) is 16.2. The van der Waals surface area contributed by atoms with Crippen molar-refractivity contribution in [2.75, 3.05) is 32.9 Å². The second-order valence-corrected chi connectivity index (χ2v) is 7.66. The fraction of sp³-hybridized carbons (Fsp3) is 0.667. The average molecular weight is 360 g/mol. The van der Waals surface area contributed by atoms with Gasteiger partial charge in [0.2, 0.25) is 0 Å². The zero-order chi connectivity index (χ0) is 18.2. The maximum absolute atomic E-state index is 6.07. The van der Waals surface area contributed by atoms with Crippen LogP contribution in [0.5, 0.6) is 0 Å². The van der Waals surface area contributed by atoms with E-state index < -0.39 is 0 Å². The Balaban J connectivity index is 1.43. The first kappa shape index (κ1) is 19.5. The van der Waals surface area contributed by atoms with Gasteiger partial charge in [-0.1, -0.05) is 17.7 Å². The predicted molar refractivity (Wildman–Crippen MR) is 104 cm³/mol. The monoisotopic (exact) mass is 359 g/mol. The van der Waals surface area contributed by atoms with Crippen LogP contribution in [0.15, 0.2) is 36.0 Å². The summed E-state index contributed by atoms with van der Waals surface area (Å²) in [4.78, 5) is 6.95. The second-order valence-electron chi connectivity index (χ2n) is 7.66. The number of ether oxygens (including phenoxy) is 2. The molecule has 0 aromatic carbocycles.